The molecule has 1 aromatic heterocycles. The van der Waals surface area contributed by atoms with Crippen LogP contribution in [0.4, 0.5) is 0 Å². The summed E-state index contributed by atoms with van der Waals surface area (Å²) in [5.41, 5.74) is 4.11. The molecule has 0 bridgehead atoms. The number of aromatic nitrogens is 1. The normalized spacial score (nSPS) is 30.3. The van der Waals surface area contributed by atoms with Crippen LogP contribution in [-0.4, -0.2) is 35.8 Å². The van der Waals surface area contributed by atoms with Crippen molar-refractivity contribution in [2.45, 2.75) is 24.8 Å². The van der Waals surface area contributed by atoms with Crippen LogP contribution in [0.3, 0.4) is 0 Å². The Morgan fingerprint density at radius 3 is 3.16 bits per heavy atom. The summed E-state index contributed by atoms with van der Waals surface area (Å²) in [4.78, 5) is 16.9. The summed E-state index contributed by atoms with van der Waals surface area (Å²) in [5, 5.41) is 1.41. The Labute approximate surface area is 112 Å². The highest BCUT2D eigenvalue weighted by Gasteiger charge is 2.39. The van der Waals surface area contributed by atoms with Gasteiger partial charge in [-0.25, -0.2) is 0 Å². The topological polar surface area (TPSA) is 36.1 Å². The number of piperidine rings is 1. The molecule has 1 aliphatic carbocycles. The van der Waals surface area contributed by atoms with Crippen LogP contribution in [0.5, 0.6) is 0 Å². The minimum Gasteiger partial charge on any atom is -0.361 e. The number of H-pyrrole nitrogens is 1. The molecule has 2 aliphatic rings. The second-order valence-electron chi connectivity index (χ2n) is 6.03. The molecule has 98 valence electrons. The molecule has 0 amide bonds. The molecule has 1 N–H and O–H groups in total. The van der Waals surface area contributed by atoms with Crippen molar-refractivity contribution in [1.29, 1.82) is 0 Å². The highest BCUT2D eigenvalue weighted by atomic mass is 16.1. The highest BCUT2D eigenvalue weighted by Crippen LogP contribution is 2.43. The van der Waals surface area contributed by atoms with E-state index in [0.29, 0.717) is 12.0 Å². The average molecular weight is 254 g/mol. The first kappa shape index (κ1) is 11.2. The molecule has 1 aromatic carbocycles. The third kappa shape index (κ3) is 1.51. The van der Waals surface area contributed by atoms with Crippen molar-refractivity contribution in [3.8, 4) is 0 Å². The second kappa shape index (κ2) is 3.94. The summed E-state index contributed by atoms with van der Waals surface area (Å²) in [7, 11) is 2.16. The van der Waals surface area contributed by atoms with Gasteiger partial charge in [-0.2, -0.15) is 0 Å². The van der Waals surface area contributed by atoms with Gasteiger partial charge in [-0.15, -0.1) is 0 Å². The Kier molecular flexibility index (Phi) is 2.33. The Morgan fingerprint density at radius 1 is 1.42 bits per heavy atom. The van der Waals surface area contributed by atoms with Gasteiger partial charge in [0.1, 0.15) is 6.29 Å². The van der Waals surface area contributed by atoms with E-state index in [9.17, 15) is 4.79 Å². The molecular weight excluding hydrogens is 236 g/mol. The zero-order chi connectivity index (χ0) is 13.0. The molecular formula is C16H18N2O. The van der Waals surface area contributed by atoms with Crippen molar-refractivity contribution in [1.82, 2.24) is 9.88 Å². The Balaban J connectivity index is 1.88. The largest absolute Gasteiger partial charge is 0.361 e. The van der Waals surface area contributed by atoms with Crippen LogP contribution in [0, 0.1) is 5.92 Å². The molecule has 2 aromatic rings. The van der Waals surface area contributed by atoms with Crippen molar-refractivity contribution in [2.75, 3.05) is 13.6 Å². The molecule has 3 atom stereocenters. The van der Waals surface area contributed by atoms with Crippen molar-refractivity contribution in [3.63, 3.8) is 0 Å². The third-order valence-electron chi connectivity index (χ3n) is 4.95. The smallest absolute Gasteiger partial charge is 0.124 e. The molecule has 4 rings (SSSR count). The molecule has 0 spiro atoms. The fraction of sp³-hybridized carbons (Fsp3) is 0.438. The van der Waals surface area contributed by atoms with Gasteiger partial charge < -0.3 is 14.7 Å². The third-order valence-corrected chi connectivity index (χ3v) is 4.95. The lowest BCUT2D eigenvalue weighted by Gasteiger charge is -2.44. The predicted molar refractivity (Wildman–Crippen MR) is 75.3 cm³/mol. The monoisotopic (exact) mass is 254 g/mol. The van der Waals surface area contributed by atoms with Crippen LogP contribution in [0.1, 0.15) is 23.5 Å². The van der Waals surface area contributed by atoms with Crippen LogP contribution in [0.25, 0.3) is 10.9 Å². The number of likely N-dealkylation sites (tertiary alicyclic amines) is 1. The number of carbonyl (C=O) groups excluding carboxylic acids is 1. The summed E-state index contributed by atoms with van der Waals surface area (Å²) >= 11 is 0. The van der Waals surface area contributed by atoms with Gasteiger partial charge in [0.15, 0.2) is 0 Å². The van der Waals surface area contributed by atoms with Crippen LogP contribution in [0.15, 0.2) is 24.4 Å². The quantitative estimate of drug-likeness (QED) is 0.793. The molecule has 3 nitrogen and oxygen atoms in total. The van der Waals surface area contributed by atoms with Gasteiger partial charge in [0, 0.05) is 41.5 Å². The number of nitrogens with one attached hydrogen (secondary N) is 1. The Bertz CT molecular complexity index is 645. The van der Waals surface area contributed by atoms with Gasteiger partial charge in [-0.3, -0.25) is 0 Å². The Morgan fingerprint density at radius 2 is 2.32 bits per heavy atom. The number of hydrogen-bond donors (Lipinski definition) is 1. The van der Waals surface area contributed by atoms with E-state index in [1.54, 1.807) is 0 Å². The van der Waals surface area contributed by atoms with E-state index in [-0.39, 0.29) is 5.92 Å². The maximum Gasteiger partial charge on any atom is 0.124 e. The number of hydrogen-bond acceptors (Lipinski definition) is 2. The van der Waals surface area contributed by atoms with Gasteiger partial charge in [-0.05, 0) is 37.1 Å². The lowest BCUT2D eigenvalue weighted by atomic mass is 9.73. The summed E-state index contributed by atoms with van der Waals surface area (Å²) in [6.45, 7) is 0.903. The number of benzene rings is 1. The second-order valence-corrected chi connectivity index (χ2v) is 6.03. The molecule has 1 unspecified atom stereocenters. The van der Waals surface area contributed by atoms with Crippen molar-refractivity contribution >= 4 is 17.2 Å². The molecule has 2 heterocycles. The first-order valence-electron chi connectivity index (χ1n) is 7.02. The first-order valence-corrected chi connectivity index (χ1v) is 7.02. The SMILES string of the molecule is CN1C[C@H](C=O)CC2c3cccc4[nH]cc(c34)C[C@H]21. The summed E-state index contributed by atoms with van der Waals surface area (Å²) in [6.07, 6.45) is 5.40. The highest BCUT2D eigenvalue weighted by molar-refractivity contribution is 5.88. The molecule has 1 fully saturated rings. The van der Waals surface area contributed by atoms with E-state index in [4.69, 9.17) is 0 Å². The first-order chi connectivity index (χ1) is 9.28. The minimum atomic E-state index is 0.182. The van der Waals surface area contributed by atoms with E-state index in [1.807, 2.05) is 0 Å². The van der Waals surface area contributed by atoms with Gasteiger partial charge in [0.25, 0.3) is 0 Å². The van der Waals surface area contributed by atoms with Crippen LogP contribution >= 0.6 is 0 Å². The molecule has 0 saturated carbocycles. The minimum absolute atomic E-state index is 0.182. The van der Waals surface area contributed by atoms with Gasteiger partial charge in [0.2, 0.25) is 0 Å². The van der Waals surface area contributed by atoms with Gasteiger partial charge in [0.05, 0.1) is 0 Å². The van der Waals surface area contributed by atoms with Crippen LogP contribution in [0.2, 0.25) is 0 Å². The molecule has 19 heavy (non-hydrogen) atoms. The summed E-state index contributed by atoms with van der Waals surface area (Å²) in [6, 6.07) is 7.07. The Hall–Kier alpha value is -1.61. The van der Waals surface area contributed by atoms with Crippen molar-refractivity contribution in [2.24, 2.45) is 5.92 Å². The number of fused-ring (bicyclic) bond motifs is 2. The summed E-state index contributed by atoms with van der Waals surface area (Å²) in [5.74, 6) is 0.683. The maximum absolute atomic E-state index is 11.2. The number of carbonyl (C=O) groups is 1. The number of aldehydes is 1. The van der Waals surface area contributed by atoms with E-state index in [0.717, 1.165) is 25.7 Å². The van der Waals surface area contributed by atoms with Crippen LogP contribution in [-0.2, 0) is 11.2 Å². The van der Waals surface area contributed by atoms with Crippen molar-refractivity contribution in [3.05, 3.63) is 35.5 Å². The van der Waals surface area contributed by atoms with Gasteiger partial charge in [-0.1, -0.05) is 12.1 Å². The summed E-state index contributed by atoms with van der Waals surface area (Å²) < 4.78 is 0. The van der Waals surface area contributed by atoms with Crippen LogP contribution < -0.4 is 0 Å². The van der Waals surface area contributed by atoms with Crippen molar-refractivity contribution < 1.29 is 4.79 Å². The molecule has 1 aliphatic heterocycles. The zero-order valence-corrected chi connectivity index (χ0v) is 11.1. The fourth-order valence-electron chi connectivity index (χ4n) is 4.08. The molecule has 0 radical (unpaired) electrons. The number of nitrogens with zero attached hydrogens (tertiary/aromatic N) is 1. The average Bonchev–Trinajstić information content (AvgIpc) is 2.85. The lowest BCUT2D eigenvalue weighted by Crippen LogP contribution is -2.48. The number of likely N-dealkylation sites (N-methyl/N-ethyl adjacent to an activating group) is 1. The number of aromatic amines is 1. The fourth-order valence-corrected chi connectivity index (χ4v) is 4.08. The number of rotatable bonds is 1. The lowest BCUT2D eigenvalue weighted by molar-refractivity contribution is -0.113. The van der Waals surface area contributed by atoms with E-state index < -0.39 is 0 Å². The van der Waals surface area contributed by atoms with E-state index in [2.05, 4.69) is 41.3 Å². The van der Waals surface area contributed by atoms with E-state index >= 15 is 0 Å². The standard InChI is InChI=1S/C16H18N2O/c1-18-8-10(9-19)5-13-12-3-2-4-14-16(12)11(7-17-14)6-15(13)18/h2-4,7,9-10,13,15,17H,5-6,8H2,1H3/t10-,13?,15-/m1/s1. The van der Waals surface area contributed by atoms with E-state index in [1.165, 1.54) is 22.0 Å². The zero-order valence-electron chi connectivity index (χ0n) is 11.1. The predicted octanol–water partition coefficient (Wildman–Crippen LogP) is 2.33. The molecule has 1 saturated heterocycles. The van der Waals surface area contributed by atoms with Gasteiger partial charge >= 0.3 is 0 Å². The molecule has 3 heteroatoms. The maximum atomic E-state index is 11.2.